The fraction of sp³-hybridized carbons (Fsp3) is 0.167. The maximum absolute atomic E-state index is 10.7. The van der Waals surface area contributed by atoms with Gasteiger partial charge in [0.1, 0.15) is 18.6 Å². The number of carbonyl (C=O) groups excluding carboxylic acids is 2. The quantitative estimate of drug-likeness (QED) is 0.429. The van der Waals surface area contributed by atoms with Crippen molar-refractivity contribution in [2.45, 2.75) is 0 Å². The first-order valence-corrected chi connectivity index (χ1v) is 4.69. The van der Waals surface area contributed by atoms with E-state index in [0.29, 0.717) is 11.3 Å². The van der Waals surface area contributed by atoms with Gasteiger partial charge in [-0.1, -0.05) is 12.1 Å². The van der Waals surface area contributed by atoms with Crippen LogP contribution in [0.2, 0.25) is 0 Å². The summed E-state index contributed by atoms with van der Waals surface area (Å²) in [5.74, 6) is 0.157. The van der Waals surface area contributed by atoms with Crippen molar-refractivity contribution < 1.29 is 19.1 Å². The molecule has 0 aliphatic heterocycles. The zero-order valence-electron chi connectivity index (χ0n) is 8.88. The largest absolute Gasteiger partial charge is 0.490 e. The van der Waals surface area contributed by atoms with Crippen molar-refractivity contribution in [3.8, 4) is 5.75 Å². The van der Waals surface area contributed by atoms with Gasteiger partial charge in [-0.25, -0.2) is 4.79 Å². The summed E-state index contributed by atoms with van der Waals surface area (Å²) in [6.07, 6.45) is 3.57. The number of esters is 1. The van der Waals surface area contributed by atoms with Gasteiger partial charge in [-0.05, 0) is 18.2 Å². The topological polar surface area (TPSA) is 52.6 Å². The summed E-state index contributed by atoms with van der Waals surface area (Å²) in [6.45, 7) is 0.247. The van der Waals surface area contributed by atoms with E-state index >= 15 is 0 Å². The van der Waals surface area contributed by atoms with Gasteiger partial charge in [0.15, 0.2) is 0 Å². The number of ether oxygens (including phenoxy) is 2. The summed E-state index contributed by atoms with van der Waals surface area (Å²) >= 11 is 0. The molecule has 0 heterocycles. The maximum Gasteiger partial charge on any atom is 0.330 e. The first kappa shape index (κ1) is 12.0. The Morgan fingerprint density at radius 1 is 1.44 bits per heavy atom. The molecule has 0 amide bonds. The van der Waals surface area contributed by atoms with E-state index in [-0.39, 0.29) is 6.61 Å². The second kappa shape index (κ2) is 6.40. The Labute approximate surface area is 93.5 Å². The van der Waals surface area contributed by atoms with Crippen molar-refractivity contribution in [3.63, 3.8) is 0 Å². The minimum atomic E-state index is -0.426. The fourth-order valence-electron chi connectivity index (χ4n) is 1.03. The third-order valence-electron chi connectivity index (χ3n) is 1.80. The van der Waals surface area contributed by atoms with Crippen LogP contribution >= 0.6 is 0 Å². The smallest absolute Gasteiger partial charge is 0.330 e. The Kier molecular flexibility index (Phi) is 4.79. The van der Waals surface area contributed by atoms with Crippen LogP contribution in [-0.2, 0) is 9.53 Å². The molecule has 0 radical (unpaired) electrons. The summed E-state index contributed by atoms with van der Waals surface area (Å²) in [7, 11) is 1.31. The molecule has 84 valence electrons. The second-order valence-electron chi connectivity index (χ2n) is 2.93. The van der Waals surface area contributed by atoms with E-state index in [1.165, 1.54) is 13.2 Å². The van der Waals surface area contributed by atoms with Gasteiger partial charge in [0, 0.05) is 11.6 Å². The highest BCUT2D eigenvalue weighted by Crippen LogP contribution is 2.11. The van der Waals surface area contributed by atoms with Crippen molar-refractivity contribution in [3.05, 3.63) is 42.0 Å². The van der Waals surface area contributed by atoms with Crippen LogP contribution < -0.4 is 4.74 Å². The molecule has 4 nitrogen and oxygen atoms in total. The molecule has 1 rings (SSSR count). The number of hydrogen-bond acceptors (Lipinski definition) is 4. The van der Waals surface area contributed by atoms with Crippen LogP contribution in [0.3, 0.4) is 0 Å². The normalized spacial score (nSPS) is 10.1. The highest BCUT2D eigenvalue weighted by Gasteiger charge is 1.95. The minimum Gasteiger partial charge on any atom is -0.490 e. The fourth-order valence-corrected chi connectivity index (χ4v) is 1.03. The summed E-state index contributed by atoms with van der Waals surface area (Å²) in [6, 6.07) is 6.77. The molecule has 0 aliphatic rings. The van der Waals surface area contributed by atoms with Crippen LogP contribution in [-0.4, -0.2) is 26.0 Å². The Morgan fingerprint density at radius 2 is 2.25 bits per heavy atom. The van der Waals surface area contributed by atoms with Gasteiger partial charge in [-0.15, -0.1) is 0 Å². The second-order valence-corrected chi connectivity index (χ2v) is 2.93. The van der Waals surface area contributed by atoms with Crippen LogP contribution in [0, 0.1) is 0 Å². The lowest BCUT2D eigenvalue weighted by Crippen LogP contribution is -1.98. The molecule has 0 bridgehead atoms. The highest BCUT2D eigenvalue weighted by molar-refractivity contribution is 5.81. The molecule has 0 aliphatic carbocycles. The predicted molar refractivity (Wildman–Crippen MR) is 58.5 cm³/mol. The molecule has 0 aromatic heterocycles. The molecule has 0 fully saturated rings. The van der Waals surface area contributed by atoms with Crippen molar-refractivity contribution in [2.24, 2.45) is 0 Å². The van der Waals surface area contributed by atoms with Crippen LogP contribution in [0.5, 0.6) is 5.75 Å². The zero-order valence-corrected chi connectivity index (χ0v) is 8.88. The molecule has 0 unspecified atom stereocenters. The molecule has 0 saturated carbocycles. The number of benzene rings is 1. The molecular formula is C12H12O4. The lowest BCUT2D eigenvalue weighted by atomic mass is 10.2. The number of methoxy groups -OCH3 is 1. The van der Waals surface area contributed by atoms with E-state index in [1.54, 1.807) is 30.3 Å². The van der Waals surface area contributed by atoms with E-state index in [2.05, 4.69) is 4.74 Å². The van der Waals surface area contributed by atoms with Crippen molar-refractivity contribution >= 4 is 12.3 Å². The van der Waals surface area contributed by atoms with Crippen molar-refractivity contribution in [1.29, 1.82) is 0 Å². The first-order valence-electron chi connectivity index (χ1n) is 4.69. The number of carbonyl (C=O) groups is 2. The summed E-state index contributed by atoms with van der Waals surface area (Å²) in [4.78, 5) is 21.2. The van der Waals surface area contributed by atoms with E-state index in [9.17, 15) is 9.59 Å². The molecular weight excluding hydrogens is 208 g/mol. The molecule has 0 atom stereocenters. The number of rotatable bonds is 5. The molecule has 0 N–H and O–H groups in total. The SMILES string of the molecule is COC(=O)/C=C/COc1cccc(C=O)c1. The molecule has 0 saturated heterocycles. The third kappa shape index (κ3) is 3.96. The molecule has 0 spiro atoms. The summed E-state index contributed by atoms with van der Waals surface area (Å²) in [5, 5.41) is 0. The predicted octanol–water partition coefficient (Wildman–Crippen LogP) is 1.61. The van der Waals surface area contributed by atoms with Gasteiger partial charge in [-0.2, -0.15) is 0 Å². The lowest BCUT2D eigenvalue weighted by molar-refractivity contribution is -0.134. The van der Waals surface area contributed by atoms with Gasteiger partial charge in [0.25, 0.3) is 0 Å². The molecule has 1 aromatic carbocycles. The van der Waals surface area contributed by atoms with Gasteiger partial charge in [0.2, 0.25) is 0 Å². The Hall–Kier alpha value is -2.10. The average Bonchev–Trinajstić information content (AvgIpc) is 2.34. The first-order chi connectivity index (χ1) is 7.76. The molecule has 16 heavy (non-hydrogen) atoms. The van der Waals surface area contributed by atoms with Gasteiger partial charge in [-0.3, -0.25) is 4.79 Å². The Balaban J connectivity index is 2.45. The van der Waals surface area contributed by atoms with Crippen LogP contribution in [0.15, 0.2) is 36.4 Å². The van der Waals surface area contributed by atoms with Crippen molar-refractivity contribution in [2.75, 3.05) is 13.7 Å². The average molecular weight is 220 g/mol. The summed E-state index contributed by atoms with van der Waals surface area (Å²) in [5.41, 5.74) is 0.550. The maximum atomic E-state index is 10.7. The van der Waals surface area contributed by atoms with Crippen molar-refractivity contribution in [1.82, 2.24) is 0 Å². The third-order valence-corrected chi connectivity index (χ3v) is 1.80. The standard InChI is InChI=1S/C12H12O4/c1-15-12(14)6-3-7-16-11-5-2-4-10(8-11)9-13/h2-6,8-9H,7H2,1H3/b6-3+. The zero-order chi connectivity index (χ0) is 11.8. The summed E-state index contributed by atoms with van der Waals surface area (Å²) < 4.78 is 9.70. The Morgan fingerprint density at radius 3 is 2.94 bits per heavy atom. The van der Waals surface area contributed by atoms with Gasteiger partial charge < -0.3 is 9.47 Å². The minimum absolute atomic E-state index is 0.247. The highest BCUT2D eigenvalue weighted by atomic mass is 16.5. The van der Waals surface area contributed by atoms with Crippen LogP contribution in [0.25, 0.3) is 0 Å². The van der Waals surface area contributed by atoms with E-state index in [4.69, 9.17) is 4.74 Å². The monoisotopic (exact) mass is 220 g/mol. The van der Waals surface area contributed by atoms with E-state index < -0.39 is 5.97 Å². The van der Waals surface area contributed by atoms with Gasteiger partial charge in [0.05, 0.1) is 7.11 Å². The van der Waals surface area contributed by atoms with Gasteiger partial charge >= 0.3 is 5.97 Å². The van der Waals surface area contributed by atoms with Crippen LogP contribution in [0.4, 0.5) is 0 Å². The number of aldehydes is 1. The van der Waals surface area contributed by atoms with Crippen LogP contribution in [0.1, 0.15) is 10.4 Å². The van der Waals surface area contributed by atoms with E-state index in [0.717, 1.165) is 6.29 Å². The lowest BCUT2D eigenvalue weighted by Gasteiger charge is -2.02. The van der Waals surface area contributed by atoms with E-state index in [1.807, 2.05) is 0 Å². The molecule has 4 heteroatoms. The Bertz CT molecular complexity index is 396. The number of hydrogen-bond donors (Lipinski definition) is 0. The molecule has 1 aromatic rings.